The summed E-state index contributed by atoms with van der Waals surface area (Å²) in [6.45, 7) is 2.05. The molecule has 0 unspecified atom stereocenters. The number of nitrogens with two attached hydrogens (primary N) is 1. The van der Waals surface area contributed by atoms with Crippen LogP contribution in [-0.4, -0.2) is 29.5 Å². The number of hydrogen-bond acceptors (Lipinski definition) is 7. The highest BCUT2D eigenvalue weighted by atomic mass is 32.1. The van der Waals surface area contributed by atoms with E-state index >= 15 is 0 Å². The Kier molecular flexibility index (Phi) is 10.0. The fraction of sp³-hybridized carbons (Fsp3) is 0.263. The van der Waals surface area contributed by atoms with Crippen molar-refractivity contribution >= 4 is 54.3 Å². The van der Waals surface area contributed by atoms with Crippen molar-refractivity contribution in [2.45, 2.75) is 19.8 Å². The Bertz CT molecular complexity index is 877. The van der Waals surface area contributed by atoms with Crippen LogP contribution < -0.4 is 15.4 Å². The van der Waals surface area contributed by atoms with E-state index in [0.29, 0.717) is 12.1 Å². The second-order valence-electron chi connectivity index (χ2n) is 5.75. The molecule has 0 atom stereocenters. The predicted octanol–water partition coefficient (Wildman–Crippen LogP) is 3.28. The Morgan fingerprint density at radius 3 is 2.45 bits per heavy atom. The number of nitrogen functional groups attached to an aromatic ring is 1. The molecule has 2 aromatic carbocycles. The molecule has 2 aromatic rings. The van der Waals surface area contributed by atoms with Crippen LogP contribution in [0.2, 0.25) is 0 Å². The fourth-order valence-corrected chi connectivity index (χ4v) is 2.78. The summed E-state index contributed by atoms with van der Waals surface area (Å²) in [5.41, 5.74) is 6.94. The summed E-state index contributed by atoms with van der Waals surface area (Å²) in [6, 6.07) is 11.2. The van der Waals surface area contributed by atoms with E-state index in [1.54, 1.807) is 18.4 Å². The second kappa shape index (κ2) is 12.0. The van der Waals surface area contributed by atoms with E-state index in [2.05, 4.69) is 30.2 Å². The lowest BCUT2D eigenvalue weighted by atomic mass is 10.1. The second-order valence-corrected chi connectivity index (χ2v) is 5.98. The molecule has 2 amide bonds. The van der Waals surface area contributed by atoms with Gasteiger partial charge < -0.3 is 15.4 Å². The average Bonchev–Trinajstić information content (AvgIpc) is 2.75. The van der Waals surface area contributed by atoms with E-state index < -0.39 is 10.8 Å². The third kappa shape index (κ3) is 6.40. The summed E-state index contributed by atoms with van der Waals surface area (Å²) in [7, 11) is 0. The number of nitrogens with zero attached hydrogens (tertiary/aromatic N) is 2. The molecule has 0 fully saturated rings. The molecular weight excluding hydrogens is 412 g/mol. The van der Waals surface area contributed by atoms with Crippen LogP contribution in [-0.2, 0) is 11.2 Å². The molecule has 0 aromatic heterocycles. The summed E-state index contributed by atoms with van der Waals surface area (Å²) in [5.74, 6) is -0.792. The van der Waals surface area contributed by atoms with Crippen molar-refractivity contribution in [3.05, 3.63) is 63.7 Å². The lowest BCUT2D eigenvalue weighted by Crippen LogP contribution is -2.35. The minimum absolute atomic E-state index is 0.0217. The summed E-state index contributed by atoms with van der Waals surface area (Å²) in [5, 5.41) is 11.1. The number of anilines is 2. The lowest BCUT2D eigenvalue weighted by molar-refractivity contribution is -0.383. The standard InChI is InChI=1S/C18H20N4O4S.CH4S/c1-2-12-5-3-4-6-15(12)21(10-9-17(23)20-27)18(24)13-7-8-14(19)16(11-13)22(25)26;1-2/h3-8,11,27H,2,9-10,19H2,1H3,(H,20,23);2H,1H3. The van der Waals surface area contributed by atoms with Crippen LogP contribution in [0.5, 0.6) is 0 Å². The minimum Gasteiger partial charge on any atom is -0.393 e. The summed E-state index contributed by atoms with van der Waals surface area (Å²) in [6.07, 6.45) is 2.41. The van der Waals surface area contributed by atoms with Crippen LogP contribution in [0.4, 0.5) is 17.1 Å². The third-order valence-electron chi connectivity index (χ3n) is 4.07. The Morgan fingerprint density at radius 2 is 1.86 bits per heavy atom. The number of nitro groups is 1. The highest BCUT2D eigenvalue weighted by Crippen LogP contribution is 2.27. The largest absolute Gasteiger partial charge is 0.393 e. The number of para-hydroxylation sites is 1. The first-order chi connectivity index (χ1) is 13.9. The first kappa shape index (κ1) is 24.3. The van der Waals surface area contributed by atoms with Crippen LogP contribution in [0.1, 0.15) is 29.3 Å². The zero-order valence-electron chi connectivity index (χ0n) is 16.2. The Balaban J connectivity index is 0.00000204. The van der Waals surface area contributed by atoms with Gasteiger partial charge in [0.05, 0.1) is 4.92 Å². The highest BCUT2D eigenvalue weighted by molar-refractivity contribution is 7.79. The van der Waals surface area contributed by atoms with E-state index in [0.717, 1.165) is 11.6 Å². The van der Waals surface area contributed by atoms with Gasteiger partial charge in [-0.25, -0.2) is 0 Å². The number of thiol groups is 2. The van der Waals surface area contributed by atoms with Crippen molar-refractivity contribution in [3.63, 3.8) is 0 Å². The summed E-state index contributed by atoms with van der Waals surface area (Å²) >= 11 is 7.25. The monoisotopic (exact) mass is 436 g/mol. The van der Waals surface area contributed by atoms with Crippen LogP contribution in [0, 0.1) is 10.1 Å². The molecule has 0 spiro atoms. The predicted molar refractivity (Wildman–Crippen MR) is 122 cm³/mol. The van der Waals surface area contributed by atoms with Gasteiger partial charge in [-0.15, -0.1) is 0 Å². The summed E-state index contributed by atoms with van der Waals surface area (Å²) < 4.78 is 2.22. The SMILES string of the molecule is CCc1ccccc1N(CCC(=O)NS)C(=O)c1ccc(N)c([N+](=O)[O-])c1.CS. The zero-order chi connectivity index (χ0) is 22.0. The molecule has 0 heterocycles. The van der Waals surface area contributed by atoms with Crippen molar-refractivity contribution in [2.24, 2.45) is 0 Å². The molecule has 0 aliphatic heterocycles. The number of amides is 2. The Labute approximate surface area is 180 Å². The number of hydrogen-bond donors (Lipinski definition) is 4. The first-order valence-electron chi connectivity index (χ1n) is 8.70. The van der Waals surface area contributed by atoms with Gasteiger partial charge >= 0.3 is 0 Å². The number of carbonyl (C=O) groups is 2. The van der Waals surface area contributed by atoms with Gasteiger partial charge in [-0.3, -0.25) is 19.7 Å². The maximum atomic E-state index is 13.1. The minimum atomic E-state index is -0.634. The molecule has 0 bridgehead atoms. The highest BCUT2D eigenvalue weighted by Gasteiger charge is 2.23. The van der Waals surface area contributed by atoms with E-state index in [1.165, 1.54) is 17.0 Å². The van der Waals surface area contributed by atoms with Crippen molar-refractivity contribution in [1.82, 2.24) is 4.72 Å². The third-order valence-corrected chi connectivity index (χ3v) is 4.32. The van der Waals surface area contributed by atoms with Gasteiger partial charge in [-0.1, -0.05) is 37.9 Å². The van der Waals surface area contributed by atoms with Gasteiger partial charge in [-0.2, -0.15) is 12.6 Å². The normalized spacial score (nSPS) is 9.79. The fourth-order valence-electron chi connectivity index (χ4n) is 2.66. The van der Waals surface area contributed by atoms with Gasteiger partial charge in [0.2, 0.25) is 5.91 Å². The van der Waals surface area contributed by atoms with E-state index in [9.17, 15) is 19.7 Å². The molecule has 0 aliphatic carbocycles. The molecule has 0 aliphatic rings. The Hall–Kier alpha value is -2.72. The number of aryl methyl sites for hydroxylation is 1. The number of nitrogens with one attached hydrogen (secondary N) is 1. The van der Waals surface area contributed by atoms with Crippen LogP contribution >= 0.6 is 25.4 Å². The molecule has 156 valence electrons. The van der Waals surface area contributed by atoms with Gasteiger partial charge in [-0.05, 0) is 36.4 Å². The number of carbonyl (C=O) groups excluding carboxylic acids is 2. The van der Waals surface area contributed by atoms with Gasteiger partial charge in [0.15, 0.2) is 0 Å². The van der Waals surface area contributed by atoms with Crippen molar-refractivity contribution in [1.29, 1.82) is 0 Å². The molecule has 2 rings (SSSR count). The van der Waals surface area contributed by atoms with Crippen LogP contribution in [0.25, 0.3) is 0 Å². The molecule has 0 radical (unpaired) electrons. The van der Waals surface area contributed by atoms with Crippen molar-refractivity contribution in [2.75, 3.05) is 23.4 Å². The summed E-state index contributed by atoms with van der Waals surface area (Å²) in [4.78, 5) is 36.7. The molecule has 0 saturated carbocycles. The first-order valence-corrected chi connectivity index (χ1v) is 10.0. The topological polar surface area (TPSA) is 119 Å². The van der Waals surface area contributed by atoms with E-state index in [-0.39, 0.29) is 35.8 Å². The van der Waals surface area contributed by atoms with E-state index in [1.807, 2.05) is 19.1 Å². The molecule has 0 saturated heterocycles. The maximum Gasteiger partial charge on any atom is 0.292 e. The molecule has 10 heteroatoms. The zero-order valence-corrected chi connectivity index (χ0v) is 18.0. The van der Waals surface area contributed by atoms with Crippen LogP contribution in [0.15, 0.2) is 42.5 Å². The van der Waals surface area contributed by atoms with Gasteiger partial charge in [0.1, 0.15) is 5.69 Å². The molecule has 3 N–H and O–H groups in total. The number of nitro benzene ring substituents is 1. The molecule has 29 heavy (non-hydrogen) atoms. The van der Waals surface area contributed by atoms with E-state index in [4.69, 9.17) is 5.73 Å². The smallest absolute Gasteiger partial charge is 0.292 e. The quantitative estimate of drug-likeness (QED) is 0.230. The van der Waals surface area contributed by atoms with Crippen molar-refractivity contribution in [3.8, 4) is 0 Å². The lowest BCUT2D eigenvalue weighted by Gasteiger charge is -2.25. The van der Waals surface area contributed by atoms with Gasteiger partial charge in [0, 0.05) is 30.3 Å². The molecular formula is C19H24N4O4S2. The Morgan fingerprint density at radius 1 is 1.21 bits per heavy atom. The maximum absolute atomic E-state index is 13.1. The van der Waals surface area contributed by atoms with Crippen molar-refractivity contribution < 1.29 is 14.5 Å². The average molecular weight is 437 g/mol. The number of rotatable bonds is 7. The molecule has 8 nitrogen and oxygen atoms in total. The van der Waals surface area contributed by atoms with Crippen LogP contribution in [0.3, 0.4) is 0 Å². The van der Waals surface area contributed by atoms with Gasteiger partial charge in [0.25, 0.3) is 11.6 Å². The number of benzene rings is 2.